The van der Waals surface area contributed by atoms with Gasteiger partial charge in [-0.15, -0.1) is 5.10 Å². The molecule has 2 heterocycles. The summed E-state index contributed by atoms with van der Waals surface area (Å²) in [6.07, 6.45) is 1.91. The van der Waals surface area contributed by atoms with Crippen molar-refractivity contribution in [3.63, 3.8) is 0 Å². The van der Waals surface area contributed by atoms with Crippen LogP contribution in [0.5, 0.6) is 0 Å². The zero-order valence-electron chi connectivity index (χ0n) is 11.1. The molecule has 6 nitrogen and oxygen atoms in total. The normalized spacial score (nSPS) is 16.7. The molecule has 0 amide bonds. The van der Waals surface area contributed by atoms with Crippen LogP contribution in [-0.2, 0) is 6.54 Å². The van der Waals surface area contributed by atoms with E-state index in [0.29, 0.717) is 0 Å². The molecule has 7 heteroatoms. The van der Waals surface area contributed by atoms with E-state index in [-0.39, 0.29) is 11.6 Å². The number of hydrogen-bond acceptors (Lipinski definition) is 5. The highest BCUT2D eigenvalue weighted by Crippen LogP contribution is 2.27. The summed E-state index contributed by atoms with van der Waals surface area (Å²) in [7, 11) is 0. The van der Waals surface area contributed by atoms with Gasteiger partial charge in [0.25, 0.3) is 0 Å². The maximum Gasteiger partial charge on any atom is 0.358 e. The second-order valence-corrected chi connectivity index (χ2v) is 5.97. The van der Waals surface area contributed by atoms with Crippen LogP contribution >= 0.6 is 11.8 Å². The topological polar surface area (TPSA) is 80.0 Å². The van der Waals surface area contributed by atoms with Crippen molar-refractivity contribution in [2.75, 3.05) is 24.6 Å². The third kappa shape index (κ3) is 3.48. The number of aromatic nitrogens is 3. The van der Waals surface area contributed by atoms with Gasteiger partial charge in [0, 0.05) is 11.7 Å². The van der Waals surface area contributed by atoms with Crippen molar-refractivity contribution in [2.24, 2.45) is 0 Å². The number of piperidine rings is 1. The van der Waals surface area contributed by atoms with Gasteiger partial charge in [-0.05, 0) is 31.7 Å². The minimum Gasteiger partial charge on any atom is -0.476 e. The third-order valence-electron chi connectivity index (χ3n) is 3.35. The summed E-state index contributed by atoms with van der Waals surface area (Å²) in [6.45, 7) is 4.71. The van der Waals surface area contributed by atoms with E-state index in [4.69, 9.17) is 0 Å². The molecular weight excluding hydrogens is 264 g/mol. The summed E-state index contributed by atoms with van der Waals surface area (Å²) < 4.78 is 1.79. The minimum atomic E-state index is -0.970. The molecule has 0 spiro atoms. The van der Waals surface area contributed by atoms with Crippen molar-refractivity contribution in [2.45, 2.75) is 32.2 Å². The van der Waals surface area contributed by atoms with E-state index in [2.05, 4.69) is 22.6 Å². The van der Waals surface area contributed by atoms with Crippen LogP contribution in [0.3, 0.4) is 0 Å². The first-order chi connectivity index (χ1) is 9.24. The van der Waals surface area contributed by atoms with Gasteiger partial charge in [0.1, 0.15) is 0 Å². The number of thioether (sulfide) groups is 1. The predicted molar refractivity (Wildman–Crippen MR) is 74.8 cm³/mol. The Bertz CT molecular complexity index is 429. The second-order valence-electron chi connectivity index (χ2n) is 4.57. The Labute approximate surface area is 116 Å². The van der Waals surface area contributed by atoms with E-state index in [1.807, 2.05) is 11.8 Å². The van der Waals surface area contributed by atoms with Crippen molar-refractivity contribution < 1.29 is 9.90 Å². The zero-order chi connectivity index (χ0) is 13.7. The van der Waals surface area contributed by atoms with Crippen LogP contribution in [0.4, 0.5) is 0 Å². The minimum absolute atomic E-state index is 0.133. The Hall–Kier alpha value is -1.08. The molecule has 1 aliphatic rings. The molecule has 0 bridgehead atoms. The number of hydrogen-bond donors (Lipinski definition) is 2. The maximum atomic E-state index is 11.3. The molecule has 1 aliphatic heterocycles. The summed E-state index contributed by atoms with van der Waals surface area (Å²) >= 11 is 1.83. The van der Waals surface area contributed by atoms with Crippen LogP contribution in [0.15, 0.2) is 0 Å². The van der Waals surface area contributed by atoms with Crippen LogP contribution in [0, 0.1) is 0 Å². The molecule has 0 aromatic carbocycles. The first-order valence-electron chi connectivity index (χ1n) is 6.69. The lowest BCUT2D eigenvalue weighted by Crippen LogP contribution is -2.29. The molecule has 106 valence electrons. The Morgan fingerprint density at radius 3 is 2.89 bits per heavy atom. The lowest BCUT2D eigenvalue weighted by molar-refractivity contribution is 0.0688. The van der Waals surface area contributed by atoms with Crippen LogP contribution in [0.1, 0.15) is 41.9 Å². The molecule has 0 saturated carbocycles. The van der Waals surface area contributed by atoms with Crippen molar-refractivity contribution in [1.82, 2.24) is 20.3 Å². The number of rotatable bonds is 6. The summed E-state index contributed by atoms with van der Waals surface area (Å²) in [6, 6.07) is 0. The first kappa shape index (κ1) is 14.3. The highest BCUT2D eigenvalue weighted by Gasteiger charge is 2.27. The van der Waals surface area contributed by atoms with Crippen molar-refractivity contribution in [3.05, 3.63) is 11.4 Å². The standard InChI is InChI=1S/C12H20N4O2S/c1-2-19-8-7-16-11(9-3-5-13-6-4-9)10(12(17)18)14-15-16/h9,13H,2-8H2,1H3,(H,17,18). The monoisotopic (exact) mass is 284 g/mol. The van der Waals surface area contributed by atoms with E-state index in [1.54, 1.807) is 4.68 Å². The highest BCUT2D eigenvalue weighted by atomic mass is 32.2. The molecule has 1 fully saturated rings. The number of carbonyl (C=O) groups is 1. The van der Waals surface area contributed by atoms with Crippen LogP contribution in [0.25, 0.3) is 0 Å². The molecule has 2 N–H and O–H groups in total. The molecule has 1 aromatic rings. The maximum absolute atomic E-state index is 11.3. The summed E-state index contributed by atoms with van der Waals surface area (Å²) in [4.78, 5) is 11.3. The number of carboxylic acids is 1. The molecule has 0 aliphatic carbocycles. The van der Waals surface area contributed by atoms with Gasteiger partial charge in [0.2, 0.25) is 0 Å². The quantitative estimate of drug-likeness (QED) is 0.764. The Morgan fingerprint density at radius 1 is 1.53 bits per heavy atom. The van der Waals surface area contributed by atoms with Gasteiger partial charge in [-0.25, -0.2) is 9.48 Å². The third-order valence-corrected chi connectivity index (χ3v) is 4.23. The molecule has 0 radical (unpaired) electrons. The van der Waals surface area contributed by atoms with Crippen LogP contribution in [-0.4, -0.2) is 50.7 Å². The second kappa shape index (κ2) is 6.91. The van der Waals surface area contributed by atoms with Gasteiger partial charge in [-0.1, -0.05) is 12.1 Å². The van der Waals surface area contributed by atoms with E-state index < -0.39 is 5.97 Å². The Balaban J connectivity index is 2.19. The van der Waals surface area contributed by atoms with Gasteiger partial charge in [-0.3, -0.25) is 0 Å². The van der Waals surface area contributed by atoms with Crippen LogP contribution < -0.4 is 5.32 Å². The smallest absolute Gasteiger partial charge is 0.358 e. The molecule has 1 aromatic heterocycles. The van der Waals surface area contributed by atoms with E-state index in [9.17, 15) is 9.90 Å². The largest absolute Gasteiger partial charge is 0.476 e. The lowest BCUT2D eigenvalue weighted by atomic mass is 9.93. The summed E-state index contributed by atoms with van der Waals surface area (Å²) in [5.74, 6) is 1.29. The fourth-order valence-electron chi connectivity index (χ4n) is 2.43. The van der Waals surface area contributed by atoms with E-state index in [1.165, 1.54) is 0 Å². The molecular formula is C12H20N4O2S. The van der Waals surface area contributed by atoms with Gasteiger partial charge in [-0.2, -0.15) is 11.8 Å². The fourth-order valence-corrected chi connectivity index (χ4v) is 3.02. The summed E-state index contributed by atoms with van der Waals surface area (Å²) in [5.41, 5.74) is 0.944. The Morgan fingerprint density at radius 2 is 2.26 bits per heavy atom. The first-order valence-corrected chi connectivity index (χ1v) is 7.84. The Kier molecular flexibility index (Phi) is 5.21. The van der Waals surface area contributed by atoms with Crippen molar-refractivity contribution in [3.8, 4) is 0 Å². The lowest BCUT2D eigenvalue weighted by Gasteiger charge is -2.23. The number of nitrogens with zero attached hydrogens (tertiary/aromatic N) is 3. The average Bonchev–Trinajstić information content (AvgIpc) is 2.84. The summed E-state index contributed by atoms with van der Waals surface area (Å²) in [5, 5.41) is 20.4. The van der Waals surface area contributed by atoms with Crippen molar-refractivity contribution in [1.29, 1.82) is 0 Å². The van der Waals surface area contributed by atoms with Gasteiger partial charge in [0.05, 0.1) is 12.2 Å². The van der Waals surface area contributed by atoms with E-state index in [0.717, 1.165) is 49.7 Å². The molecule has 0 atom stereocenters. The van der Waals surface area contributed by atoms with Gasteiger partial charge >= 0.3 is 5.97 Å². The molecule has 2 rings (SSSR count). The van der Waals surface area contributed by atoms with Gasteiger partial charge in [0.15, 0.2) is 5.69 Å². The fraction of sp³-hybridized carbons (Fsp3) is 0.750. The average molecular weight is 284 g/mol. The van der Waals surface area contributed by atoms with E-state index >= 15 is 0 Å². The zero-order valence-corrected chi connectivity index (χ0v) is 11.9. The molecule has 1 saturated heterocycles. The number of aryl methyl sites for hydroxylation is 1. The number of aromatic carboxylic acids is 1. The number of carboxylic acid groups (broad SMARTS) is 1. The molecule has 0 unspecified atom stereocenters. The SMILES string of the molecule is CCSCCn1nnc(C(=O)O)c1C1CCNCC1. The predicted octanol–water partition coefficient (Wildman–Crippen LogP) is 1.20. The van der Waals surface area contributed by atoms with Gasteiger partial charge < -0.3 is 10.4 Å². The highest BCUT2D eigenvalue weighted by molar-refractivity contribution is 7.99. The van der Waals surface area contributed by atoms with Crippen LogP contribution in [0.2, 0.25) is 0 Å². The molecule has 19 heavy (non-hydrogen) atoms. The van der Waals surface area contributed by atoms with Crippen molar-refractivity contribution >= 4 is 17.7 Å². The number of nitrogens with one attached hydrogen (secondary N) is 1.